The van der Waals surface area contributed by atoms with Gasteiger partial charge in [-0.2, -0.15) is 0 Å². The van der Waals surface area contributed by atoms with Crippen LogP contribution in [0.2, 0.25) is 0 Å². The monoisotopic (exact) mass is 305 g/mol. The molecular formula is C19H31NO2. The maximum atomic E-state index is 11.7. The highest BCUT2D eigenvalue weighted by molar-refractivity contribution is 5.75. The summed E-state index contributed by atoms with van der Waals surface area (Å²) in [6.45, 7) is 11.6. The molecule has 0 fully saturated rings. The summed E-state index contributed by atoms with van der Waals surface area (Å²) >= 11 is 0. The summed E-state index contributed by atoms with van der Waals surface area (Å²) < 4.78 is 5.31. The topological polar surface area (TPSA) is 29.5 Å². The molecule has 1 aromatic carbocycles. The largest absolute Gasteiger partial charge is 0.465 e. The van der Waals surface area contributed by atoms with E-state index in [9.17, 15) is 4.79 Å². The molecule has 0 unspecified atom stereocenters. The molecule has 0 aliphatic rings. The molecule has 1 aromatic rings. The molecule has 0 heterocycles. The molecule has 0 aliphatic heterocycles. The van der Waals surface area contributed by atoms with Crippen molar-refractivity contribution in [1.82, 2.24) is 4.90 Å². The lowest BCUT2D eigenvalue weighted by Gasteiger charge is -2.22. The molecule has 0 aromatic heterocycles. The van der Waals surface area contributed by atoms with E-state index in [0.29, 0.717) is 6.61 Å². The minimum atomic E-state index is -0.401. The number of esters is 1. The molecule has 0 saturated heterocycles. The first-order chi connectivity index (χ1) is 10.4. The number of hydrogen-bond donors (Lipinski definition) is 0. The molecule has 3 nitrogen and oxygen atoms in total. The predicted octanol–water partition coefficient (Wildman–Crippen LogP) is 4.27. The Morgan fingerprint density at radius 3 is 2.36 bits per heavy atom. The van der Waals surface area contributed by atoms with Gasteiger partial charge in [0.2, 0.25) is 0 Å². The van der Waals surface area contributed by atoms with E-state index in [4.69, 9.17) is 4.74 Å². The van der Waals surface area contributed by atoms with Gasteiger partial charge in [-0.25, -0.2) is 0 Å². The van der Waals surface area contributed by atoms with Gasteiger partial charge in [-0.1, -0.05) is 37.3 Å². The van der Waals surface area contributed by atoms with Crippen LogP contribution >= 0.6 is 0 Å². The van der Waals surface area contributed by atoms with Crippen LogP contribution in [0, 0.1) is 5.41 Å². The Morgan fingerprint density at radius 2 is 1.77 bits per heavy atom. The fraction of sp³-hybridized carbons (Fsp3) is 0.632. The Kier molecular flexibility index (Phi) is 8.18. The summed E-state index contributed by atoms with van der Waals surface area (Å²) in [4.78, 5) is 14.1. The van der Waals surface area contributed by atoms with Crippen molar-refractivity contribution in [2.45, 2.75) is 53.5 Å². The molecule has 0 atom stereocenters. The van der Waals surface area contributed by atoms with Crippen LogP contribution < -0.4 is 0 Å². The average molecular weight is 305 g/mol. The molecule has 124 valence electrons. The minimum absolute atomic E-state index is 0.109. The van der Waals surface area contributed by atoms with Gasteiger partial charge in [0.1, 0.15) is 0 Å². The van der Waals surface area contributed by atoms with Gasteiger partial charge in [0, 0.05) is 6.54 Å². The van der Waals surface area contributed by atoms with Crippen molar-refractivity contribution in [2.24, 2.45) is 5.41 Å². The van der Waals surface area contributed by atoms with Crippen molar-refractivity contribution >= 4 is 5.97 Å². The minimum Gasteiger partial charge on any atom is -0.465 e. The van der Waals surface area contributed by atoms with Crippen LogP contribution in [-0.2, 0) is 16.1 Å². The Morgan fingerprint density at radius 1 is 1.09 bits per heavy atom. The molecule has 0 aliphatic carbocycles. The van der Waals surface area contributed by atoms with E-state index < -0.39 is 5.41 Å². The number of carbonyl (C=O) groups excluding carboxylic acids is 1. The van der Waals surface area contributed by atoms with Crippen LogP contribution in [0.15, 0.2) is 30.3 Å². The quantitative estimate of drug-likeness (QED) is 0.504. The molecule has 0 radical (unpaired) electrons. The second kappa shape index (κ2) is 9.62. The Bertz CT molecular complexity index is 423. The summed E-state index contributed by atoms with van der Waals surface area (Å²) in [7, 11) is 0. The van der Waals surface area contributed by atoms with Gasteiger partial charge < -0.3 is 4.74 Å². The Hall–Kier alpha value is -1.35. The maximum Gasteiger partial charge on any atom is 0.311 e. The van der Waals surface area contributed by atoms with Crippen molar-refractivity contribution in [3.05, 3.63) is 35.9 Å². The standard InChI is InChI=1S/C19H31NO2/c1-5-13-20(16-17-11-7-6-8-12-17)14-9-10-15-22-18(21)19(2,3)4/h6-8,11-12H,5,9-10,13-16H2,1-4H3. The summed E-state index contributed by atoms with van der Waals surface area (Å²) in [5.41, 5.74) is 0.955. The Balaban J connectivity index is 2.26. The SMILES string of the molecule is CCCN(CCCCOC(=O)C(C)(C)C)Cc1ccccc1. The molecule has 22 heavy (non-hydrogen) atoms. The molecule has 0 N–H and O–H groups in total. The number of carbonyl (C=O) groups is 1. The van der Waals surface area contributed by atoms with E-state index in [0.717, 1.165) is 38.9 Å². The summed E-state index contributed by atoms with van der Waals surface area (Å²) in [6, 6.07) is 10.6. The first kappa shape index (κ1) is 18.7. The van der Waals surface area contributed by atoms with Gasteiger partial charge in [0.05, 0.1) is 12.0 Å². The average Bonchev–Trinajstić information content (AvgIpc) is 2.47. The first-order valence-electron chi connectivity index (χ1n) is 8.37. The van der Waals surface area contributed by atoms with Crippen molar-refractivity contribution in [1.29, 1.82) is 0 Å². The van der Waals surface area contributed by atoms with Gasteiger partial charge in [-0.05, 0) is 58.7 Å². The van der Waals surface area contributed by atoms with E-state index in [1.54, 1.807) is 0 Å². The second-order valence-corrected chi connectivity index (χ2v) is 6.85. The highest BCUT2D eigenvalue weighted by Gasteiger charge is 2.22. The smallest absolute Gasteiger partial charge is 0.311 e. The van der Waals surface area contributed by atoms with E-state index in [1.165, 1.54) is 5.56 Å². The number of rotatable bonds is 9. The highest BCUT2D eigenvalue weighted by atomic mass is 16.5. The molecule has 3 heteroatoms. The summed E-state index contributed by atoms with van der Waals surface area (Å²) in [5, 5.41) is 0. The van der Waals surface area contributed by atoms with Crippen molar-refractivity contribution in [2.75, 3.05) is 19.7 Å². The molecule has 0 amide bonds. The van der Waals surface area contributed by atoms with E-state index >= 15 is 0 Å². The van der Waals surface area contributed by atoms with Crippen molar-refractivity contribution in [3.63, 3.8) is 0 Å². The number of hydrogen-bond acceptors (Lipinski definition) is 3. The summed E-state index contributed by atoms with van der Waals surface area (Å²) in [6.07, 6.45) is 3.15. The number of ether oxygens (including phenoxy) is 1. The highest BCUT2D eigenvalue weighted by Crippen LogP contribution is 2.15. The zero-order valence-corrected chi connectivity index (χ0v) is 14.6. The molecule has 0 spiro atoms. The van der Waals surface area contributed by atoms with E-state index in [-0.39, 0.29) is 5.97 Å². The van der Waals surface area contributed by atoms with Gasteiger partial charge >= 0.3 is 5.97 Å². The van der Waals surface area contributed by atoms with Gasteiger partial charge in [0.25, 0.3) is 0 Å². The van der Waals surface area contributed by atoms with E-state index in [2.05, 4.69) is 42.2 Å². The fourth-order valence-electron chi connectivity index (χ4n) is 2.25. The Labute approximate surface area is 135 Å². The predicted molar refractivity (Wildman–Crippen MR) is 91.7 cm³/mol. The zero-order valence-electron chi connectivity index (χ0n) is 14.6. The number of benzene rings is 1. The van der Waals surface area contributed by atoms with Crippen molar-refractivity contribution in [3.8, 4) is 0 Å². The molecule has 0 bridgehead atoms. The van der Waals surface area contributed by atoms with Crippen LogP contribution in [0.3, 0.4) is 0 Å². The first-order valence-corrected chi connectivity index (χ1v) is 8.37. The lowest BCUT2D eigenvalue weighted by Crippen LogP contribution is -2.26. The fourth-order valence-corrected chi connectivity index (χ4v) is 2.25. The third kappa shape index (κ3) is 7.60. The molecular weight excluding hydrogens is 274 g/mol. The molecule has 1 rings (SSSR count). The molecule has 0 saturated carbocycles. The summed E-state index contributed by atoms with van der Waals surface area (Å²) in [5.74, 6) is -0.109. The third-order valence-corrected chi connectivity index (χ3v) is 3.50. The third-order valence-electron chi connectivity index (χ3n) is 3.50. The lowest BCUT2D eigenvalue weighted by molar-refractivity contribution is -0.153. The maximum absolute atomic E-state index is 11.7. The number of nitrogens with zero attached hydrogens (tertiary/aromatic N) is 1. The van der Waals surface area contributed by atoms with Gasteiger partial charge in [0.15, 0.2) is 0 Å². The van der Waals surface area contributed by atoms with Crippen molar-refractivity contribution < 1.29 is 9.53 Å². The van der Waals surface area contributed by atoms with Gasteiger partial charge in [-0.15, -0.1) is 0 Å². The van der Waals surface area contributed by atoms with Gasteiger partial charge in [-0.3, -0.25) is 9.69 Å². The number of unbranched alkanes of at least 4 members (excludes halogenated alkanes) is 1. The van der Waals surface area contributed by atoms with Crippen LogP contribution in [-0.4, -0.2) is 30.6 Å². The zero-order chi connectivity index (χ0) is 16.4. The van der Waals surface area contributed by atoms with Crippen LogP contribution in [0.1, 0.15) is 52.5 Å². The van der Waals surface area contributed by atoms with E-state index in [1.807, 2.05) is 20.8 Å². The second-order valence-electron chi connectivity index (χ2n) is 6.85. The van der Waals surface area contributed by atoms with Crippen LogP contribution in [0.4, 0.5) is 0 Å². The normalized spacial score (nSPS) is 11.7. The lowest BCUT2D eigenvalue weighted by atomic mass is 9.97. The van der Waals surface area contributed by atoms with Crippen LogP contribution in [0.5, 0.6) is 0 Å². The van der Waals surface area contributed by atoms with Crippen LogP contribution in [0.25, 0.3) is 0 Å².